The van der Waals surface area contributed by atoms with Gasteiger partial charge in [-0.2, -0.15) is 13.2 Å². The third-order valence-electron chi connectivity index (χ3n) is 5.63. The molecule has 184 valence electrons. The predicted octanol–water partition coefficient (Wildman–Crippen LogP) is 5.46. The monoisotopic (exact) mass is 492 g/mol. The zero-order valence-corrected chi connectivity index (χ0v) is 19.8. The number of carbonyl (C=O) groups excluding carboxylic acids is 1. The van der Waals surface area contributed by atoms with Crippen LogP contribution < -0.4 is 10.6 Å². The van der Waals surface area contributed by atoms with Gasteiger partial charge in [-0.15, -0.1) is 0 Å². The summed E-state index contributed by atoms with van der Waals surface area (Å²) in [4.78, 5) is 27.4. The molecule has 0 aliphatic carbocycles. The summed E-state index contributed by atoms with van der Waals surface area (Å²) in [5, 5.41) is 5.86. The average molecular weight is 493 g/mol. The topological polar surface area (TPSA) is 92.7 Å². The minimum absolute atomic E-state index is 0.282. The molecule has 0 bridgehead atoms. The molecule has 1 aromatic carbocycles. The first kappa shape index (κ1) is 24.8. The Labute approximate surface area is 205 Å². The van der Waals surface area contributed by atoms with Gasteiger partial charge in [0.2, 0.25) is 5.82 Å². The Morgan fingerprint density at radius 2 is 1.61 bits per heavy atom. The Morgan fingerprint density at radius 3 is 2.31 bits per heavy atom. The predicted molar refractivity (Wildman–Crippen MR) is 130 cm³/mol. The molecule has 4 aromatic rings. The molecule has 0 fully saturated rings. The summed E-state index contributed by atoms with van der Waals surface area (Å²) in [7, 11) is 1.55. The van der Waals surface area contributed by atoms with Crippen LogP contribution in [0.25, 0.3) is 22.4 Å². The first-order chi connectivity index (χ1) is 17.2. The SMILES string of the molecule is CNC(=O)c1cc(-c2cc(-c3cc(NC(C)c4cnc(C(F)(F)F)nc4)ccc3C)ccn2)ccn1. The maximum Gasteiger partial charge on any atom is 0.451 e. The van der Waals surface area contributed by atoms with E-state index < -0.39 is 12.0 Å². The van der Waals surface area contributed by atoms with E-state index in [1.807, 2.05) is 44.2 Å². The summed E-state index contributed by atoms with van der Waals surface area (Å²) < 4.78 is 38.3. The number of pyridine rings is 2. The maximum atomic E-state index is 12.8. The summed E-state index contributed by atoms with van der Waals surface area (Å²) in [6.07, 6.45) is 1.05. The van der Waals surface area contributed by atoms with Crippen molar-refractivity contribution in [3.05, 3.63) is 89.9 Å². The summed E-state index contributed by atoms with van der Waals surface area (Å²) in [5.74, 6) is -1.45. The maximum absolute atomic E-state index is 12.8. The first-order valence-corrected chi connectivity index (χ1v) is 11.1. The molecule has 0 saturated heterocycles. The number of anilines is 1. The second-order valence-corrected chi connectivity index (χ2v) is 8.17. The van der Waals surface area contributed by atoms with Crippen molar-refractivity contribution in [3.8, 4) is 22.4 Å². The lowest BCUT2D eigenvalue weighted by atomic mass is 9.98. The van der Waals surface area contributed by atoms with E-state index in [0.717, 1.165) is 27.9 Å². The highest BCUT2D eigenvalue weighted by molar-refractivity contribution is 5.93. The number of aryl methyl sites for hydroxylation is 1. The molecule has 4 rings (SSSR count). The molecule has 1 unspecified atom stereocenters. The van der Waals surface area contributed by atoms with Crippen LogP contribution in [0.4, 0.5) is 18.9 Å². The normalized spacial score (nSPS) is 12.2. The standard InChI is InChI=1S/C26H23F3N6O/c1-15-4-5-20(35-16(2)19-13-33-25(34-14-19)26(27,28)29)12-21(15)17-6-8-31-22(10-17)18-7-9-32-23(11-18)24(36)30-3/h4-14,16,35H,1-3H3,(H,30,36). The van der Waals surface area contributed by atoms with Crippen molar-refractivity contribution >= 4 is 11.6 Å². The first-order valence-electron chi connectivity index (χ1n) is 11.1. The lowest BCUT2D eigenvalue weighted by Crippen LogP contribution is -2.19. The zero-order chi connectivity index (χ0) is 25.9. The average Bonchev–Trinajstić information content (AvgIpc) is 2.89. The molecule has 0 aliphatic rings. The Hall–Kier alpha value is -4.34. The molecule has 10 heteroatoms. The van der Waals surface area contributed by atoms with Crippen molar-refractivity contribution in [1.82, 2.24) is 25.3 Å². The van der Waals surface area contributed by atoms with E-state index in [1.165, 1.54) is 12.4 Å². The van der Waals surface area contributed by atoms with Crippen molar-refractivity contribution < 1.29 is 18.0 Å². The highest BCUT2D eigenvalue weighted by atomic mass is 19.4. The molecule has 1 amide bonds. The molecular formula is C26H23F3N6O. The van der Waals surface area contributed by atoms with Gasteiger partial charge < -0.3 is 10.6 Å². The molecule has 2 N–H and O–H groups in total. The molecule has 0 radical (unpaired) electrons. The molecule has 3 heterocycles. The lowest BCUT2D eigenvalue weighted by Gasteiger charge is -2.17. The van der Waals surface area contributed by atoms with Crippen LogP contribution in [0, 0.1) is 6.92 Å². The van der Waals surface area contributed by atoms with E-state index in [2.05, 4.69) is 30.6 Å². The molecule has 1 atom stereocenters. The molecule has 7 nitrogen and oxygen atoms in total. The summed E-state index contributed by atoms with van der Waals surface area (Å²) in [6.45, 7) is 3.81. The van der Waals surface area contributed by atoms with Crippen LogP contribution in [-0.4, -0.2) is 32.9 Å². The van der Waals surface area contributed by atoms with Gasteiger partial charge >= 0.3 is 6.18 Å². The Morgan fingerprint density at radius 1 is 0.917 bits per heavy atom. The van der Waals surface area contributed by atoms with Crippen molar-refractivity contribution in [2.75, 3.05) is 12.4 Å². The molecule has 3 aromatic heterocycles. The third-order valence-corrected chi connectivity index (χ3v) is 5.63. The highest BCUT2D eigenvalue weighted by Gasteiger charge is 2.34. The quantitative estimate of drug-likeness (QED) is 0.371. The van der Waals surface area contributed by atoms with Gasteiger partial charge in [-0.05, 0) is 66.9 Å². The van der Waals surface area contributed by atoms with E-state index in [1.54, 1.807) is 31.6 Å². The van der Waals surface area contributed by atoms with Crippen LogP contribution in [0.15, 0.2) is 67.3 Å². The van der Waals surface area contributed by atoms with Gasteiger partial charge in [0, 0.05) is 48.6 Å². The van der Waals surface area contributed by atoms with Gasteiger partial charge in [-0.1, -0.05) is 6.07 Å². The largest absolute Gasteiger partial charge is 0.451 e. The number of benzene rings is 1. The molecular weight excluding hydrogens is 469 g/mol. The summed E-state index contributed by atoms with van der Waals surface area (Å²) >= 11 is 0. The van der Waals surface area contributed by atoms with E-state index in [9.17, 15) is 18.0 Å². The van der Waals surface area contributed by atoms with Crippen LogP contribution in [-0.2, 0) is 6.18 Å². The van der Waals surface area contributed by atoms with E-state index in [-0.39, 0.29) is 11.9 Å². The van der Waals surface area contributed by atoms with Gasteiger partial charge in [0.1, 0.15) is 5.69 Å². The van der Waals surface area contributed by atoms with Gasteiger partial charge in [-0.3, -0.25) is 14.8 Å². The number of hydrogen-bond acceptors (Lipinski definition) is 6. The number of aromatic nitrogens is 4. The lowest BCUT2D eigenvalue weighted by molar-refractivity contribution is -0.145. The smallest absolute Gasteiger partial charge is 0.378 e. The van der Waals surface area contributed by atoms with Crippen LogP contribution >= 0.6 is 0 Å². The van der Waals surface area contributed by atoms with Crippen molar-refractivity contribution in [1.29, 1.82) is 0 Å². The molecule has 36 heavy (non-hydrogen) atoms. The number of nitrogens with zero attached hydrogens (tertiary/aromatic N) is 4. The number of amides is 1. The zero-order valence-electron chi connectivity index (χ0n) is 19.8. The van der Waals surface area contributed by atoms with Crippen LogP contribution in [0.3, 0.4) is 0 Å². The van der Waals surface area contributed by atoms with Crippen molar-refractivity contribution in [3.63, 3.8) is 0 Å². The van der Waals surface area contributed by atoms with Crippen LogP contribution in [0.1, 0.15) is 40.4 Å². The molecule has 0 saturated carbocycles. The van der Waals surface area contributed by atoms with Crippen molar-refractivity contribution in [2.45, 2.75) is 26.1 Å². The second kappa shape index (κ2) is 10.1. The highest BCUT2D eigenvalue weighted by Crippen LogP contribution is 2.31. The van der Waals surface area contributed by atoms with Crippen LogP contribution in [0.5, 0.6) is 0 Å². The molecule has 0 aliphatic heterocycles. The number of rotatable bonds is 6. The third kappa shape index (κ3) is 5.48. The van der Waals surface area contributed by atoms with Gasteiger partial charge in [-0.25, -0.2) is 9.97 Å². The van der Waals surface area contributed by atoms with Gasteiger partial charge in [0.15, 0.2) is 0 Å². The fourth-order valence-corrected chi connectivity index (χ4v) is 3.66. The van der Waals surface area contributed by atoms with Crippen molar-refractivity contribution in [2.24, 2.45) is 0 Å². The minimum Gasteiger partial charge on any atom is -0.378 e. The second-order valence-electron chi connectivity index (χ2n) is 8.17. The van der Waals surface area contributed by atoms with Gasteiger partial charge in [0.25, 0.3) is 5.91 Å². The number of halogens is 3. The van der Waals surface area contributed by atoms with E-state index >= 15 is 0 Å². The van der Waals surface area contributed by atoms with Gasteiger partial charge in [0.05, 0.1) is 11.7 Å². The number of nitrogens with one attached hydrogen (secondary N) is 2. The Balaban J connectivity index is 1.59. The molecule has 0 spiro atoms. The number of hydrogen-bond donors (Lipinski definition) is 2. The summed E-state index contributed by atoms with van der Waals surface area (Å²) in [5.41, 5.74) is 5.97. The Bertz CT molecular complexity index is 1390. The minimum atomic E-state index is -4.58. The number of carbonyl (C=O) groups is 1. The Kier molecular flexibility index (Phi) is 6.96. The van der Waals surface area contributed by atoms with E-state index in [4.69, 9.17) is 0 Å². The number of alkyl halides is 3. The fourth-order valence-electron chi connectivity index (χ4n) is 3.66. The summed E-state index contributed by atoms with van der Waals surface area (Å²) in [6, 6.07) is 12.8. The van der Waals surface area contributed by atoms with E-state index in [0.29, 0.717) is 17.0 Å². The fraction of sp³-hybridized carbons (Fsp3) is 0.192. The van der Waals surface area contributed by atoms with Crippen LogP contribution in [0.2, 0.25) is 0 Å².